The number of amides is 1. The van der Waals surface area contributed by atoms with Crippen LogP contribution in [0.3, 0.4) is 0 Å². The normalized spacial score (nSPS) is 11.5. The van der Waals surface area contributed by atoms with Crippen molar-refractivity contribution in [3.8, 4) is 5.75 Å². The molecule has 5 nitrogen and oxygen atoms in total. The zero-order chi connectivity index (χ0) is 19.1. The number of ether oxygens (including phenoxy) is 1. The Bertz CT molecular complexity index is 880. The number of pyridine rings is 1. The third-order valence-electron chi connectivity index (χ3n) is 4.11. The van der Waals surface area contributed by atoms with Gasteiger partial charge in [0.05, 0.1) is 17.9 Å². The van der Waals surface area contributed by atoms with E-state index in [4.69, 9.17) is 4.74 Å². The van der Waals surface area contributed by atoms with E-state index in [1.165, 1.54) is 5.56 Å². The minimum Gasteiger partial charge on any atom is -0.494 e. The molecule has 3 rings (SSSR count). The molecule has 138 valence electrons. The largest absolute Gasteiger partial charge is 0.494 e. The van der Waals surface area contributed by atoms with E-state index in [0.29, 0.717) is 17.9 Å². The number of nitrogens with zero attached hydrogens (tertiary/aromatic N) is 1. The summed E-state index contributed by atoms with van der Waals surface area (Å²) in [5, 5.41) is 6.26. The van der Waals surface area contributed by atoms with Crippen LogP contribution in [0.25, 0.3) is 0 Å². The van der Waals surface area contributed by atoms with Crippen LogP contribution < -0.4 is 15.4 Å². The first-order valence-electron chi connectivity index (χ1n) is 8.96. The van der Waals surface area contributed by atoms with E-state index < -0.39 is 0 Å². The molecule has 0 aliphatic carbocycles. The summed E-state index contributed by atoms with van der Waals surface area (Å²) in [6, 6.07) is 19.3. The monoisotopic (exact) mass is 361 g/mol. The molecule has 1 amide bonds. The molecule has 1 unspecified atom stereocenters. The second-order valence-electron chi connectivity index (χ2n) is 6.15. The van der Waals surface area contributed by atoms with Gasteiger partial charge < -0.3 is 15.4 Å². The summed E-state index contributed by atoms with van der Waals surface area (Å²) in [6.45, 7) is 4.61. The van der Waals surface area contributed by atoms with Crippen LogP contribution >= 0.6 is 0 Å². The predicted molar refractivity (Wildman–Crippen MR) is 108 cm³/mol. The van der Waals surface area contributed by atoms with Gasteiger partial charge in [-0.3, -0.25) is 9.78 Å². The fourth-order valence-corrected chi connectivity index (χ4v) is 2.72. The summed E-state index contributed by atoms with van der Waals surface area (Å²) in [5.74, 6) is 0.570. The third-order valence-corrected chi connectivity index (χ3v) is 4.11. The molecule has 3 aromatic rings. The van der Waals surface area contributed by atoms with Gasteiger partial charge >= 0.3 is 0 Å². The maximum atomic E-state index is 12.5. The molecule has 2 N–H and O–H groups in total. The Morgan fingerprint density at radius 1 is 1.04 bits per heavy atom. The van der Waals surface area contributed by atoms with Crippen molar-refractivity contribution in [1.29, 1.82) is 0 Å². The summed E-state index contributed by atoms with van der Waals surface area (Å²) in [5.41, 5.74) is 3.17. The zero-order valence-electron chi connectivity index (χ0n) is 15.5. The molecule has 1 heterocycles. The van der Waals surface area contributed by atoms with Crippen molar-refractivity contribution in [3.05, 3.63) is 84.2 Å². The molecule has 0 saturated heterocycles. The summed E-state index contributed by atoms with van der Waals surface area (Å²) in [6.07, 6.45) is 3.27. The molecular weight excluding hydrogens is 338 g/mol. The minimum absolute atomic E-state index is 0.109. The standard InChI is InChI=1S/C22H23N3O2/c1-3-27-21-11-9-19(10-12-21)25-22(26)18-13-20(15-23-14-18)24-16(2)17-7-5-4-6-8-17/h4-16,24H,3H2,1-2H3,(H,25,26). The molecule has 0 aliphatic heterocycles. The minimum atomic E-state index is -0.206. The van der Waals surface area contributed by atoms with E-state index >= 15 is 0 Å². The van der Waals surface area contributed by atoms with Gasteiger partial charge in [0.15, 0.2) is 0 Å². The lowest BCUT2D eigenvalue weighted by atomic mass is 10.1. The topological polar surface area (TPSA) is 63.2 Å². The number of carbonyl (C=O) groups excluding carboxylic acids is 1. The first-order chi connectivity index (χ1) is 13.2. The molecule has 1 aromatic heterocycles. The fourth-order valence-electron chi connectivity index (χ4n) is 2.72. The summed E-state index contributed by atoms with van der Waals surface area (Å²) in [4.78, 5) is 16.7. The Balaban J connectivity index is 1.66. The maximum Gasteiger partial charge on any atom is 0.257 e. The molecule has 5 heteroatoms. The number of carbonyl (C=O) groups is 1. The second kappa shape index (κ2) is 8.85. The van der Waals surface area contributed by atoms with Crippen molar-refractivity contribution in [2.24, 2.45) is 0 Å². The number of aromatic nitrogens is 1. The smallest absolute Gasteiger partial charge is 0.257 e. The van der Waals surface area contributed by atoms with E-state index in [0.717, 1.165) is 11.4 Å². The molecule has 2 aromatic carbocycles. The van der Waals surface area contributed by atoms with Crippen molar-refractivity contribution in [2.75, 3.05) is 17.2 Å². The molecule has 0 radical (unpaired) electrons. The van der Waals surface area contributed by atoms with Crippen LogP contribution in [0, 0.1) is 0 Å². The molecule has 1 atom stereocenters. The van der Waals surface area contributed by atoms with Crippen molar-refractivity contribution in [3.63, 3.8) is 0 Å². The van der Waals surface area contributed by atoms with Gasteiger partial charge in [-0.1, -0.05) is 30.3 Å². The number of hydrogen-bond donors (Lipinski definition) is 2. The van der Waals surface area contributed by atoms with Gasteiger partial charge in [-0.2, -0.15) is 0 Å². The molecule has 27 heavy (non-hydrogen) atoms. The Morgan fingerprint density at radius 3 is 2.48 bits per heavy atom. The highest BCUT2D eigenvalue weighted by Gasteiger charge is 2.10. The van der Waals surface area contributed by atoms with Crippen LogP contribution in [-0.4, -0.2) is 17.5 Å². The zero-order valence-corrected chi connectivity index (χ0v) is 15.5. The lowest BCUT2D eigenvalue weighted by molar-refractivity contribution is 0.102. The Labute approximate surface area is 159 Å². The average molecular weight is 361 g/mol. The molecule has 0 fully saturated rings. The maximum absolute atomic E-state index is 12.5. The van der Waals surface area contributed by atoms with Crippen molar-refractivity contribution >= 4 is 17.3 Å². The SMILES string of the molecule is CCOc1ccc(NC(=O)c2cncc(NC(C)c3ccccc3)c2)cc1. The van der Waals surface area contributed by atoms with E-state index in [-0.39, 0.29) is 11.9 Å². The van der Waals surface area contributed by atoms with Crippen molar-refractivity contribution < 1.29 is 9.53 Å². The molecular formula is C22H23N3O2. The van der Waals surface area contributed by atoms with Crippen LogP contribution in [0.5, 0.6) is 5.75 Å². The van der Waals surface area contributed by atoms with Crippen LogP contribution in [0.1, 0.15) is 35.8 Å². The van der Waals surface area contributed by atoms with E-state index in [1.807, 2.05) is 49.4 Å². The lowest BCUT2D eigenvalue weighted by Gasteiger charge is -2.16. The quantitative estimate of drug-likeness (QED) is 0.628. The number of nitrogens with one attached hydrogen (secondary N) is 2. The lowest BCUT2D eigenvalue weighted by Crippen LogP contribution is -2.13. The average Bonchev–Trinajstić information content (AvgIpc) is 2.70. The van der Waals surface area contributed by atoms with Crippen LogP contribution in [0.15, 0.2) is 73.1 Å². The summed E-state index contributed by atoms with van der Waals surface area (Å²) >= 11 is 0. The van der Waals surface area contributed by atoms with Gasteiger partial charge in [0.25, 0.3) is 5.91 Å². The molecule has 0 aliphatic rings. The van der Waals surface area contributed by atoms with Gasteiger partial charge in [-0.15, -0.1) is 0 Å². The number of hydrogen-bond acceptors (Lipinski definition) is 4. The number of anilines is 2. The molecule has 0 bridgehead atoms. The second-order valence-corrected chi connectivity index (χ2v) is 6.15. The van der Waals surface area contributed by atoms with Gasteiger partial charge in [0.2, 0.25) is 0 Å². The van der Waals surface area contributed by atoms with Gasteiger partial charge in [0, 0.05) is 24.1 Å². The van der Waals surface area contributed by atoms with Crippen molar-refractivity contribution in [2.45, 2.75) is 19.9 Å². The first kappa shape index (κ1) is 18.5. The van der Waals surface area contributed by atoms with Crippen LogP contribution in [0.4, 0.5) is 11.4 Å². The van der Waals surface area contributed by atoms with Gasteiger partial charge in [-0.25, -0.2) is 0 Å². The van der Waals surface area contributed by atoms with Crippen LogP contribution in [-0.2, 0) is 0 Å². The number of rotatable bonds is 7. The van der Waals surface area contributed by atoms with Gasteiger partial charge in [-0.05, 0) is 49.7 Å². The van der Waals surface area contributed by atoms with Crippen molar-refractivity contribution in [1.82, 2.24) is 4.98 Å². The first-order valence-corrected chi connectivity index (χ1v) is 8.96. The molecule has 0 spiro atoms. The Hall–Kier alpha value is -3.34. The fraction of sp³-hybridized carbons (Fsp3) is 0.182. The van der Waals surface area contributed by atoms with E-state index in [2.05, 4.69) is 34.7 Å². The number of benzene rings is 2. The molecule has 0 saturated carbocycles. The summed E-state index contributed by atoms with van der Waals surface area (Å²) in [7, 11) is 0. The van der Waals surface area contributed by atoms with E-state index in [1.54, 1.807) is 18.5 Å². The van der Waals surface area contributed by atoms with Gasteiger partial charge in [0.1, 0.15) is 5.75 Å². The van der Waals surface area contributed by atoms with Crippen LogP contribution in [0.2, 0.25) is 0 Å². The van der Waals surface area contributed by atoms with E-state index in [9.17, 15) is 4.79 Å². The Kier molecular flexibility index (Phi) is 6.05. The Morgan fingerprint density at radius 2 is 1.78 bits per heavy atom. The predicted octanol–water partition coefficient (Wildman–Crippen LogP) is 4.91. The highest BCUT2D eigenvalue weighted by molar-refractivity contribution is 6.04. The highest BCUT2D eigenvalue weighted by Crippen LogP contribution is 2.20. The summed E-state index contributed by atoms with van der Waals surface area (Å²) < 4.78 is 5.41. The third kappa shape index (κ3) is 5.07. The highest BCUT2D eigenvalue weighted by atomic mass is 16.5.